The molecule has 0 aliphatic heterocycles. The van der Waals surface area contributed by atoms with E-state index in [0.29, 0.717) is 35.5 Å². The van der Waals surface area contributed by atoms with Crippen LogP contribution in [-0.4, -0.2) is 36.2 Å². The number of carboxylic acid groups (broad SMARTS) is 1. The first-order chi connectivity index (χ1) is 11.9. The van der Waals surface area contributed by atoms with Crippen LogP contribution in [0.15, 0.2) is 18.2 Å². The molecule has 6 heteroatoms. The van der Waals surface area contributed by atoms with Crippen molar-refractivity contribution in [3.05, 3.63) is 23.8 Å². The quantitative estimate of drug-likeness (QED) is 0.790. The topological polar surface area (TPSA) is 84.9 Å². The average molecular weight is 349 g/mol. The fraction of sp³-hybridized carbons (Fsp3) is 0.579. The summed E-state index contributed by atoms with van der Waals surface area (Å²) in [5.41, 5.74) is 0.483. The van der Waals surface area contributed by atoms with Crippen LogP contribution in [0.5, 0.6) is 11.5 Å². The smallest absolute Gasteiger partial charge is 0.341 e. The Balaban J connectivity index is 2.10. The zero-order valence-electron chi connectivity index (χ0n) is 15.1. The molecule has 1 aromatic carbocycles. The maximum Gasteiger partial charge on any atom is 0.341 e. The molecule has 0 bridgehead atoms. The van der Waals surface area contributed by atoms with Crippen molar-refractivity contribution >= 4 is 11.9 Å². The highest BCUT2D eigenvalue weighted by Gasteiger charge is 2.28. The molecule has 138 valence electrons. The molecule has 0 radical (unpaired) electrons. The Hall–Kier alpha value is -2.24. The van der Waals surface area contributed by atoms with Gasteiger partial charge >= 0.3 is 5.97 Å². The van der Waals surface area contributed by atoms with Crippen molar-refractivity contribution in [2.75, 3.05) is 13.2 Å². The largest absolute Gasteiger partial charge is 0.490 e. The van der Waals surface area contributed by atoms with Gasteiger partial charge in [-0.15, -0.1) is 0 Å². The third kappa shape index (κ3) is 5.11. The zero-order chi connectivity index (χ0) is 18.4. The number of hydrogen-bond acceptors (Lipinski definition) is 4. The van der Waals surface area contributed by atoms with Gasteiger partial charge < -0.3 is 19.9 Å². The van der Waals surface area contributed by atoms with Gasteiger partial charge in [-0.25, -0.2) is 4.79 Å². The van der Waals surface area contributed by atoms with Crippen molar-refractivity contribution < 1.29 is 24.2 Å². The molecule has 0 heterocycles. The zero-order valence-corrected chi connectivity index (χ0v) is 15.1. The second-order valence-corrected chi connectivity index (χ2v) is 6.62. The second kappa shape index (κ2) is 8.74. The summed E-state index contributed by atoms with van der Waals surface area (Å²) in [5, 5.41) is 11.9. The van der Waals surface area contributed by atoms with Crippen LogP contribution >= 0.6 is 0 Å². The first-order valence-electron chi connectivity index (χ1n) is 8.84. The lowest BCUT2D eigenvalue weighted by Crippen LogP contribution is -2.43. The van der Waals surface area contributed by atoms with Crippen LogP contribution in [0.2, 0.25) is 0 Å². The third-order valence-corrected chi connectivity index (χ3v) is 4.88. The third-order valence-electron chi connectivity index (χ3n) is 4.88. The number of aliphatic carboxylic acids is 1. The Morgan fingerprint density at radius 2 is 1.96 bits per heavy atom. The summed E-state index contributed by atoms with van der Waals surface area (Å²) in [6, 6.07) is 4.99. The fourth-order valence-corrected chi connectivity index (χ4v) is 3.21. The lowest BCUT2D eigenvalue weighted by atomic mass is 9.78. The molecule has 25 heavy (non-hydrogen) atoms. The van der Waals surface area contributed by atoms with Crippen LogP contribution in [0, 0.1) is 11.8 Å². The SMILES string of the molecule is CCOc1cc(C(=O)NC2CCCC(C)C2C)ccc1OCC(=O)O. The van der Waals surface area contributed by atoms with E-state index in [0.717, 1.165) is 12.8 Å². The van der Waals surface area contributed by atoms with E-state index in [-0.39, 0.29) is 11.9 Å². The van der Waals surface area contributed by atoms with E-state index in [1.54, 1.807) is 18.2 Å². The number of ether oxygens (including phenoxy) is 2. The first kappa shape index (κ1) is 19.1. The molecule has 1 fully saturated rings. The van der Waals surface area contributed by atoms with E-state index in [2.05, 4.69) is 19.2 Å². The van der Waals surface area contributed by atoms with Crippen LogP contribution in [0.1, 0.15) is 50.4 Å². The maximum absolute atomic E-state index is 12.6. The van der Waals surface area contributed by atoms with Crippen LogP contribution in [0.25, 0.3) is 0 Å². The second-order valence-electron chi connectivity index (χ2n) is 6.62. The molecule has 3 unspecified atom stereocenters. The predicted octanol–water partition coefficient (Wildman–Crippen LogP) is 3.10. The Labute approximate surface area is 148 Å². The maximum atomic E-state index is 12.6. The number of benzene rings is 1. The van der Waals surface area contributed by atoms with E-state index in [1.807, 2.05) is 6.92 Å². The summed E-state index contributed by atoms with van der Waals surface area (Å²) in [4.78, 5) is 23.3. The first-order valence-corrected chi connectivity index (χ1v) is 8.84. The number of carbonyl (C=O) groups excluding carboxylic acids is 1. The molecule has 2 rings (SSSR count). The van der Waals surface area contributed by atoms with Gasteiger partial charge in [0.25, 0.3) is 5.91 Å². The summed E-state index contributed by atoms with van der Waals surface area (Å²) < 4.78 is 10.7. The van der Waals surface area contributed by atoms with E-state index >= 15 is 0 Å². The molecular formula is C19H27NO5. The number of amides is 1. The van der Waals surface area contributed by atoms with E-state index in [1.165, 1.54) is 6.42 Å². The van der Waals surface area contributed by atoms with Gasteiger partial charge in [-0.05, 0) is 43.4 Å². The van der Waals surface area contributed by atoms with E-state index < -0.39 is 12.6 Å². The van der Waals surface area contributed by atoms with Gasteiger partial charge in [0.2, 0.25) is 0 Å². The molecule has 0 aromatic heterocycles. The molecule has 1 aliphatic rings. The Morgan fingerprint density at radius 1 is 1.20 bits per heavy atom. The Morgan fingerprint density at radius 3 is 2.64 bits per heavy atom. The highest BCUT2D eigenvalue weighted by molar-refractivity contribution is 5.95. The number of carbonyl (C=O) groups is 2. The molecule has 1 saturated carbocycles. The lowest BCUT2D eigenvalue weighted by Gasteiger charge is -2.34. The summed E-state index contributed by atoms with van der Waals surface area (Å²) >= 11 is 0. The molecular weight excluding hydrogens is 322 g/mol. The molecule has 3 atom stereocenters. The number of hydrogen-bond donors (Lipinski definition) is 2. The van der Waals surface area contributed by atoms with Crippen LogP contribution in [0.3, 0.4) is 0 Å². The van der Waals surface area contributed by atoms with Crippen LogP contribution in [-0.2, 0) is 4.79 Å². The monoisotopic (exact) mass is 349 g/mol. The van der Waals surface area contributed by atoms with E-state index in [9.17, 15) is 9.59 Å². The summed E-state index contributed by atoms with van der Waals surface area (Å²) in [7, 11) is 0. The summed E-state index contributed by atoms with van der Waals surface area (Å²) in [6.45, 7) is 6.17. The van der Waals surface area contributed by atoms with Crippen molar-refractivity contribution in [1.29, 1.82) is 0 Å². The molecule has 6 nitrogen and oxygen atoms in total. The van der Waals surface area contributed by atoms with Gasteiger partial charge in [0, 0.05) is 11.6 Å². The van der Waals surface area contributed by atoms with Gasteiger partial charge in [-0.2, -0.15) is 0 Å². The highest BCUT2D eigenvalue weighted by Crippen LogP contribution is 2.31. The molecule has 0 spiro atoms. The van der Waals surface area contributed by atoms with Gasteiger partial charge in [-0.1, -0.05) is 26.7 Å². The van der Waals surface area contributed by atoms with Crippen LogP contribution in [0.4, 0.5) is 0 Å². The van der Waals surface area contributed by atoms with Gasteiger partial charge in [-0.3, -0.25) is 4.79 Å². The Kier molecular flexibility index (Phi) is 6.67. The molecule has 1 aromatic rings. The summed E-state index contributed by atoms with van der Waals surface area (Å²) in [5.74, 6) is 0.537. The fourth-order valence-electron chi connectivity index (χ4n) is 3.21. The normalized spacial score (nSPS) is 22.9. The van der Waals surface area contributed by atoms with Crippen molar-refractivity contribution in [2.45, 2.75) is 46.1 Å². The predicted molar refractivity (Wildman–Crippen MR) is 94.2 cm³/mol. The molecule has 1 aliphatic carbocycles. The Bertz CT molecular complexity index is 616. The number of carboxylic acids is 1. The minimum atomic E-state index is -1.07. The van der Waals surface area contributed by atoms with Crippen LogP contribution < -0.4 is 14.8 Å². The van der Waals surface area contributed by atoms with Crippen molar-refractivity contribution in [2.24, 2.45) is 11.8 Å². The lowest BCUT2D eigenvalue weighted by molar-refractivity contribution is -0.139. The number of nitrogens with one attached hydrogen (secondary N) is 1. The summed E-state index contributed by atoms with van der Waals surface area (Å²) in [6.07, 6.45) is 3.33. The van der Waals surface area contributed by atoms with Crippen molar-refractivity contribution in [1.82, 2.24) is 5.32 Å². The minimum Gasteiger partial charge on any atom is -0.490 e. The molecule has 2 N–H and O–H groups in total. The molecule has 1 amide bonds. The van der Waals surface area contributed by atoms with E-state index in [4.69, 9.17) is 14.6 Å². The van der Waals surface area contributed by atoms with Gasteiger partial charge in [0.1, 0.15) is 0 Å². The standard InChI is InChI=1S/C19H27NO5/c1-4-24-17-10-14(8-9-16(17)25-11-18(21)22)19(23)20-15-7-5-6-12(2)13(15)3/h8-10,12-13,15H,4-7,11H2,1-3H3,(H,20,23)(H,21,22). The van der Waals surface area contributed by atoms with Gasteiger partial charge in [0.05, 0.1) is 6.61 Å². The molecule has 0 saturated heterocycles. The van der Waals surface area contributed by atoms with Gasteiger partial charge in [0.15, 0.2) is 18.1 Å². The number of rotatable bonds is 7. The minimum absolute atomic E-state index is 0.142. The van der Waals surface area contributed by atoms with Crippen molar-refractivity contribution in [3.63, 3.8) is 0 Å². The van der Waals surface area contributed by atoms with Crippen molar-refractivity contribution in [3.8, 4) is 11.5 Å². The highest BCUT2D eigenvalue weighted by atomic mass is 16.5. The average Bonchev–Trinajstić information content (AvgIpc) is 2.58.